The number of nitrogens with one attached hydrogen (secondary N) is 1. The van der Waals surface area contributed by atoms with Crippen molar-refractivity contribution in [3.05, 3.63) is 29.8 Å². The zero-order valence-corrected chi connectivity index (χ0v) is 11.2. The van der Waals surface area contributed by atoms with Crippen molar-refractivity contribution in [1.29, 1.82) is 0 Å². The van der Waals surface area contributed by atoms with Gasteiger partial charge < -0.3 is 14.8 Å². The minimum Gasteiger partial charge on any atom is -0.760 e. The summed E-state index contributed by atoms with van der Waals surface area (Å²) in [6.45, 7) is 1.83. The van der Waals surface area contributed by atoms with Crippen LogP contribution < -0.4 is 4.72 Å². The van der Waals surface area contributed by atoms with E-state index in [0.717, 1.165) is 0 Å². The van der Waals surface area contributed by atoms with Gasteiger partial charge in [0.25, 0.3) is 0 Å². The van der Waals surface area contributed by atoms with Crippen LogP contribution in [0.5, 0.6) is 5.75 Å². The number of hydrogen-bond donors (Lipinski definition) is 3. The predicted octanol–water partition coefficient (Wildman–Crippen LogP) is 1.32. The number of phenols is 1. The lowest BCUT2D eigenvalue weighted by Crippen LogP contribution is -2.34. The molecule has 7 heteroatoms. The Hall–Kier alpha value is -1.44. The third-order valence-electron chi connectivity index (χ3n) is 2.79. The van der Waals surface area contributed by atoms with Crippen LogP contribution in [-0.4, -0.2) is 24.9 Å². The van der Waals surface area contributed by atoms with Crippen LogP contribution in [0.1, 0.15) is 31.4 Å². The Morgan fingerprint density at radius 3 is 2.42 bits per heavy atom. The summed E-state index contributed by atoms with van der Waals surface area (Å²) >= 11 is -2.57. The quantitative estimate of drug-likeness (QED) is 0.655. The van der Waals surface area contributed by atoms with Crippen LogP contribution in [0, 0.1) is 5.92 Å². The fourth-order valence-corrected chi connectivity index (χ4v) is 2.42. The van der Waals surface area contributed by atoms with Crippen LogP contribution >= 0.6 is 0 Å². The number of carbonyl (C=O) groups is 1. The Labute approximate surface area is 113 Å². The first kappa shape index (κ1) is 15.6. The van der Waals surface area contributed by atoms with E-state index in [9.17, 15) is 23.8 Å². The molecule has 0 aromatic heterocycles. The molecule has 0 radical (unpaired) electrons. The Morgan fingerprint density at radius 2 is 2.00 bits per heavy atom. The average molecular weight is 286 g/mol. The lowest BCUT2D eigenvalue weighted by atomic mass is 9.90. The number of carboxylic acids is 1. The minimum atomic E-state index is -2.57. The largest absolute Gasteiger partial charge is 0.760 e. The van der Waals surface area contributed by atoms with Gasteiger partial charge in [-0.1, -0.05) is 25.5 Å². The maximum Gasteiger partial charge on any atom is 0.308 e. The highest BCUT2D eigenvalue weighted by Gasteiger charge is 2.28. The van der Waals surface area contributed by atoms with E-state index in [-0.39, 0.29) is 5.75 Å². The second kappa shape index (κ2) is 7.22. The molecule has 0 aliphatic carbocycles. The van der Waals surface area contributed by atoms with Crippen molar-refractivity contribution in [3.63, 3.8) is 0 Å². The van der Waals surface area contributed by atoms with Crippen LogP contribution in [0.25, 0.3) is 0 Å². The van der Waals surface area contributed by atoms with E-state index in [1.807, 2.05) is 6.92 Å². The molecule has 1 aromatic rings. The van der Waals surface area contributed by atoms with Crippen LogP contribution in [0.15, 0.2) is 24.3 Å². The van der Waals surface area contributed by atoms with Gasteiger partial charge in [-0.25, -0.2) is 4.72 Å². The summed E-state index contributed by atoms with van der Waals surface area (Å²) in [4.78, 5) is 11.3. The van der Waals surface area contributed by atoms with Crippen LogP contribution in [0.4, 0.5) is 0 Å². The van der Waals surface area contributed by atoms with Gasteiger partial charge in [-0.3, -0.25) is 9.00 Å². The molecule has 3 N–H and O–H groups in total. The van der Waals surface area contributed by atoms with Crippen LogP contribution in [0.2, 0.25) is 0 Å². The smallest absolute Gasteiger partial charge is 0.308 e. The highest BCUT2D eigenvalue weighted by molar-refractivity contribution is 7.77. The van der Waals surface area contributed by atoms with Crippen molar-refractivity contribution in [3.8, 4) is 5.75 Å². The second-order valence-electron chi connectivity index (χ2n) is 4.16. The maximum atomic E-state index is 11.3. The van der Waals surface area contributed by atoms with Crippen molar-refractivity contribution in [2.24, 2.45) is 5.92 Å². The zero-order chi connectivity index (χ0) is 14.4. The molecule has 0 saturated heterocycles. The molecule has 0 saturated carbocycles. The van der Waals surface area contributed by atoms with E-state index >= 15 is 0 Å². The van der Waals surface area contributed by atoms with Gasteiger partial charge in [0.2, 0.25) is 0 Å². The van der Waals surface area contributed by atoms with Crippen molar-refractivity contribution in [2.75, 3.05) is 0 Å². The highest BCUT2D eigenvalue weighted by atomic mass is 32.2. The fourth-order valence-electron chi connectivity index (χ4n) is 1.91. The highest BCUT2D eigenvalue weighted by Crippen LogP contribution is 2.27. The minimum absolute atomic E-state index is 0.0353. The van der Waals surface area contributed by atoms with Gasteiger partial charge in [0.15, 0.2) is 0 Å². The SMILES string of the molecule is CCCC(C(=O)O)C(NS(=O)[O-])c1ccc(O)cc1. The molecule has 3 atom stereocenters. The number of rotatable bonds is 7. The molecule has 106 valence electrons. The van der Waals surface area contributed by atoms with E-state index < -0.39 is 29.2 Å². The molecule has 0 fully saturated rings. The molecule has 0 aliphatic heterocycles. The molecular weight excluding hydrogens is 270 g/mol. The molecule has 19 heavy (non-hydrogen) atoms. The molecule has 3 unspecified atom stereocenters. The van der Waals surface area contributed by atoms with E-state index in [0.29, 0.717) is 18.4 Å². The van der Waals surface area contributed by atoms with Gasteiger partial charge in [0.1, 0.15) is 5.75 Å². The Bertz CT molecular complexity index is 448. The molecule has 0 aliphatic rings. The summed E-state index contributed by atoms with van der Waals surface area (Å²) in [6, 6.07) is 4.94. The van der Waals surface area contributed by atoms with Crippen molar-refractivity contribution in [1.82, 2.24) is 4.72 Å². The van der Waals surface area contributed by atoms with Crippen molar-refractivity contribution >= 4 is 17.2 Å². The van der Waals surface area contributed by atoms with E-state index in [4.69, 9.17) is 0 Å². The lowest BCUT2D eigenvalue weighted by Gasteiger charge is -2.26. The molecule has 1 rings (SSSR count). The van der Waals surface area contributed by atoms with Crippen LogP contribution in [-0.2, 0) is 16.1 Å². The molecule has 0 heterocycles. The first-order valence-electron chi connectivity index (χ1n) is 5.82. The Kier molecular flexibility index (Phi) is 5.94. The topological polar surface area (TPSA) is 110 Å². The van der Waals surface area contributed by atoms with Gasteiger partial charge in [0.05, 0.1) is 12.0 Å². The van der Waals surface area contributed by atoms with Crippen LogP contribution in [0.3, 0.4) is 0 Å². The Morgan fingerprint density at radius 1 is 1.42 bits per heavy atom. The number of carboxylic acid groups (broad SMARTS) is 1. The summed E-state index contributed by atoms with van der Waals surface area (Å²) < 4.78 is 23.9. The van der Waals surface area contributed by atoms with Crippen molar-refractivity contribution in [2.45, 2.75) is 25.8 Å². The first-order chi connectivity index (χ1) is 8.95. The lowest BCUT2D eigenvalue weighted by molar-refractivity contribution is -0.143. The second-order valence-corrected chi connectivity index (χ2v) is 4.86. The van der Waals surface area contributed by atoms with E-state index in [2.05, 4.69) is 4.72 Å². The monoisotopic (exact) mass is 286 g/mol. The maximum absolute atomic E-state index is 11.3. The summed E-state index contributed by atoms with van der Waals surface area (Å²) in [7, 11) is 0. The number of benzene rings is 1. The van der Waals surface area contributed by atoms with E-state index in [1.165, 1.54) is 24.3 Å². The van der Waals surface area contributed by atoms with Gasteiger partial charge in [-0.15, -0.1) is 0 Å². The number of aromatic hydroxyl groups is 1. The van der Waals surface area contributed by atoms with Gasteiger partial charge in [0, 0.05) is 11.3 Å². The third kappa shape index (κ3) is 4.62. The van der Waals surface area contributed by atoms with Crippen molar-refractivity contribution < 1.29 is 23.8 Å². The zero-order valence-electron chi connectivity index (χ0n) is 10.4. The number of aliphatic carboxylic acids is 1. The first-order valence-corrected chi connectivity index (χ1v) is 6.90. The summed E-state index contributed by atoms with van der Waals surface area (Å²) in [5, 5.41) is 18.4. The van der Waals surface area contributed by atoms with Gasteiger partial charge in [-0.2, -0.15) is 0 Å². The molecular formula is C12H16NO5S-. The normalized spacial score (nSPS) is 15.7. The Balaban J connectivity index is 3.07. The van der Waals surface area contributed by atoms with Gasteiger partial charge in [-0.05, 0) is 24.1 Å². The number of hydrogen-bond acceptors (Lipinski definition) is 4. The molecule has 0 bridgehead atoms. The fraction of sp³-hybridized carbons (Fsp3) is 0.417. The summed E-state index contributed by atoms with van der Waals surface area (Å²) in [6.07, 6.45) is 0.976. The summed E-state index contributed by atoms with van der Waals surface area (Å²) in [5.41, 5.74) is 0.503. The van der Waals surface area contributed by atoms with Gasteiger partial charge >= 0.3 is 5.97 Å². The standard InChI is InChI=1S/C12H17NO5S/c1-2-3-10(12(15)16)11(13-19(17)18)8-4-6-9(14)7-5-8/h4-7,10-11,13-14H,2-3H2,1H3,(H,15,16)(H,17,18)/p-1. The average Bonchev–Trinajstić information content (AvgIpc) is 2.34. The molecule has 0 amide bonds. The molecule has 1 aromatic carbocycles. The number of phenolic OH excluding ortho intramolecular Hbond substituents is 1. The predicted molar refractivity (Wildman–Crippen MR) is 68.9 cm³/mol. The van der Waals surface area contributed by atoms with E-state index in [1.54, 1.807) is 0 Å². The third-order valence-corrected chi connectivity index (χ3v) is 3.24. The molecule has 0 spiro atoms. The molecule has 6 nitrogen and oxygen atoms in total. The summed E-state index contributed by atoms with van der Waals surface area (Å²) in [5.74, 6) is -1.88.